The molecule has 3 fully saturated rings. The van der Waals surface area contributed by atoms with Crippen molar-refractivity contribution < 1.29 is 14.3 Å². The largest absolute Gasteiger partial charge is 0.465 e. The summed E-state index contributed by atoms with van der Waals surface area (Å²) in [5, 5.41) is 0. The van der Waals surface area contributed by atoms with Crippen LogP contribution in [0.15, 0.2) is 0 Å². The number of hydrogen-bond donors (Lipinski definition) is 0. The van der Waals surface area contributed by atoms with Crippen LogP contribution in [0, 0.1) is 23.2 Å². The Morgan fingerprint density at radius 2 is 2.05 bits per heavy atom. The van der Waals surface area contributed by atoms with Crippen molar-refractivity contribution in [1.29, 1.82) is 0 Å². The molecule has 0 radical (unpaired) electrons. The van der Waals surface area contributed by atoms with Gasteiger partial charge in [0.05, 0.1) is 12.0 Å². The summed E-state index contributed by atoms with van der Waals surface area (Å²) in [6, 6.07) is 1.18. The van der Waals surface area contributed by atoms with Gasteiger partial charge in [0.1, 0.15) is 5.78 Å². The number of carbonyl (C=O) groups is 2. The Labute approximate surface area is 116 Å². The molecule has 0 N–H and O–H groups in total. The maximum atomic E-state index is 12.4. The van der Waals surface area contributed by atoms with Gasteiger partial charge in [-0.05, 0) is 31.1 Å². The maximum Gasteiger partial charge on any atom is 0.313 e. The van der Waals surface area contributed by atoms with Gasteiger partial charge < -0.3 is 4.74 Å². The van der Waals surface area contributed by atoms with E-state index in [1.165, 1.54) is 6.04 Å². The van der Waals surface area contributed by atoms with E-state index in [1.54, 1.807) is 0 Å². The summed E-state index contributed by atoms with van der Waals surface area (Å²) in [5.41, 5.74) is -0.405. The lowest BCUT2D eigenvalue weighted by Crippen LogP contribution is -2.68. The molecule has 0 bridgehead atoms. The van der Waals surface area contributed by atoms with Crippen LogP contribution in [-0.2, 0) is 14.3 Å². The van der Waals surface area contributed by atoms with E-state index >= 15 is 0 Å². The lowest BCUT2D eigenvalue weighted by molar-refractivity contribution is -0.216. The minimum Gasteiger partial charge on any atom is -0.465 e. The fraction of sp³-hybridized carbons (Fsp3) is 0.867. The van der Waals surface area contributed by atoms with Crippen LogP contribution in [0.2, 0.25) is 25.7 Å². The molecule has 0 unspecified atom stereocenters. The van der Waals surface area contributed by atoms with E-state index in [0.29, 0.717) is 30.6 Å². The van der Waals surface area contributed by atoms with Crippen LogP contribution in [0.1, 0.15) is 25.7 Å². The zero-order valence-corrected chi connectivity index (χ0v) is 13.2. The quantitative estimate of drug-likeness (QED) is 0.577. The van der Waals surface area contributed by atoms with Gasteiger partial charge in [-0.15, -0.1) is 0 Å². The topological polar surface area (TPSA) is 43.4 Å². The van der Waals surface area contributed by atoms with Crippen LogP contribution in [0.3, 0.4) is 0 Å². The van der Waals surface area contributed by atoms with E-state index in [4.69, 9.17) is 4.74 Å². The molecule has 2 saturated carbocycles. The molecule has 2 aliphatic carbocycles. The molecule has 0 aromatic rings. The first-order chi connectivity index (χ1) is 8.86. The van der Waals surface area contributed by atoms with Crippen LogP contribution >= 0.6 is 0 Å². The standard InChI is InChI=1S/C15H24O3Si/c1-19(2,3)9-10-11-6-8-18-14(17)15(11)7-4-5-12(16)13(10)15/h10-11,13H,4-9H2,1-3H3/t10-,11+,13-,15+/m0/s1. The number of ketones is 1. The van der Waals surface area contributed by atoms with Crippen LogP contribution < -0.4 is 0 Å². The van der Waals surface area contributed by atoms with Crippen LogP contribution in [0.5, 0.6) is 0 Å². The maximum absolute atomic E-state index is 12.4. The molecule has 3 aliphatic rings. The molecule has 19 heavy (non-hydrogen) atoms. The normalized spacial score (nSPS) is 41.9. The number of hydrogen-bond acceptors (Lipinski definition) is 3. The van der Waals surface area contributed by atoms with Crippen molar-refractivity contribution in [3.63, 3.8) is 0 Å². The van der Waals surface area contributed by atoms with Crippen molar-refractivity contribution in [2.75, 3.05) is 6.61 Å². The molecule has 1 saturated heterocycles. The third-order valence-electron chi connectivity index (χ3n) is 5.41. The van der Waals surface area contributed by atoms with E-state index in [0.717, 1.165) is 19.3 Å². The van der Waals surface area contributed by atoms with E-state index < -0.39 is 13.5 Å². The van der Waals surface area contributed by atoms with Gasteiger partial charge in [-0.2, -0.15) is 0 Å². The van der Waals surface area contributed by atoms with Gasteiger partial charge in [-0.1, -0.05) is 25.7 Å². The number of cyclic esters (lactones) is 1. The van der Waals surface area contributed by atoms with Crippen LogP contribution in [0.25, 0.3) is 0 Å². The highest BCUT2D eigenvalue weighted by Crippen LogP contribution is 2.66. The second kappa shape index (κ2) is 4.17. The van der Waals surface area contributed by atoms with Gasteiger partial charge in [0.25, 0.3) is 0 Å². The van der Waals surface area contributed by atoms with Crippen LogP contribution in [-0.4, -0.2) is 26.4 Å². The first kappa shape index (κ1) is 13.3. The second-order valence-electron chi connectivity index (χ2n) is 7.80. The SMILES string of the molecule is C[Si](C)(C)C[C@H]1[C@H]2CCOC(=O)[C@]23CCCC(=O)[C@H]13. The molecule has 3 rings (SSSR count). The van der Waals surface area contributed by atoms with E-state index in [1.807, 2.05) is 0 Å². The van der Waals surface area contributed by atoms with Gasteiger partial charge >= 0.3 is 5.97 Å². The minimum absolute atomic E-state index is 0.00854. The van der Waals surface area contributed by atoms with Gasteiger partial charge in [0.2, 0.25) is 0 Å². The highest BCUT2D eigenvalue weighted by atomic mass is 28.3. The van der Waals surface area contributed by atoms with Crippen molar-refractivity contribution in [1.82, 2.24) is 0 Å². The first-order valence-electron chi connectivity index (χ1n) is 7.56. The van der Waals surface area contributed by atoms with Gasteiger partial charge in [0, 0.05) is 20.4 Å². The second-order valence-corrected chi connectivity index (χ2v) is 13.3. The fourth-order valence-corrected chi connectivity index (χ4v) is 6.85. The monoisotopic (exact) mass is 280 g/mol. The zero-order valence-electron chi connectivity index (χ0n) is 12.2. The van der Waals surface area contributed by atoms with Crippen molar-refractivity contribution in [2.24, 2.45) is 23.2 Å². The number of rotatable bonds is 2. The highest BCUT2D eigenvalue weighted by Gasteiger charge is 2.70. The van der Waals surface area contributed by atoms with Crippen molar-refractivity contribution in [2.45, 2.75) is 51.4 Å². The van der Waals surface area contributed by atoms with Crippen molar-refractivity contribution in [3.8, 4) is 0 Å². The summed E-state index contributed by atoms with van der Waals surface area (Å²) in [6.07, 6.45) is 3.41. The predicted octanol–water partition coefficient (Wildman–Crippen LogP) is 2.87. The van der Waals surface area contributed by atoms with E-state index in [2.05, 4.69) is 19.6 Å². The highest BCUT2D eigenvalue weighted by molar-refractivity contribution is 6.76. The Morgan fingerprint density at radius 3 is 2.74 bits per heavy atom. The Bertz CT molecular complexity index is 426. The molecule has 4 atom stereocenters. The van der Waals surface area contributed by atoms with Crippen LogP contribution in [0.4, 0.5) is 0 Å². The Kier molecular flexibility index (Phi) is 2.93. The van der Waals surface area contributed by atoms with E-state index in [9.17, 15) is 9.59 Å². The first-order valence-corrected chi connectivity index (χ1v) is 11.3. The molecule has 1 aliphatic heterocycles. The summed E-state index contributed by atoms with van der Waals surface area (Å²) in [7, 11) is -1.20. The number of carbonyl (C=O) groups excluding carboxylic acids is 2. The zero-order chi connectivity index (χ0) is 13.8. The Hall–Kier alpha value is -0.643. The Balaban J connectivity index is 1.92. The summed E-state index contributed by atoms with van der Waals surface area (Å²) in [6.45, 7) is 7.65. The molecule has 3 nitrogen and oxygen atoms in total. The smallest absolute Gasteiger partial charge is 0.313 e. The molecule has 0 aromatic heterocycles. The third kappa shape index (κ3) is 1.83. The summed E-state index contributed by atoms with van der Waals surface area (Å²) in [5.74, 6) is 1.16. The van der Waals surface area contributed by atoms with Crippen molar-refractivity contribution in [3.05, 3.63) is 0 Å². The van der Waals surface area contributed by atoms with Gasteiger partial charge in [-0.3, -0.25) is 9.59 Å². The lowest BCUT2D eigenvalue weighted by Gasteiger charge is -2.63. The molecule has 0 amide bonds. The molecule has 1 heterocycles. The fourth-order valence-electron chi connectivity index (χ4n) is 4.92. The summed E-state index contributed by atoms with van der Waals surface area (Å²) in [4.78, 5) is 24.7. The Morgan fingerprint density at radius 1 is 1.32 bits per heavy atom. The molecule has 106 valence electrons. The molecule has 0 aromatic carbocycles. The number of Topliss-reactive ketones (excluding diaryl/α,β-unsaturated/α-hetero) is 1. The summed E-state index contributed by atoms with van der Waals surface area (Å²) < 4.78 is 5.32. The average Bonchev–Trinajstić information content (AvgIpc) is 2.28. The average molecular weight is 280 g/mol. The minimum atomic E-state index is -1.20. The lowest BCUT2D eigenvalue weighted by atomic mass is 9.41. The molecular weight excluding hydrogens is 256 g/mol. The van der Waals surface area contributed by atoms with Crippen molar-refractivity contribution >= 4 is 19.8 Å². The molecule has 1 spiro atoms. The van der Waals surface area contributed by atoms with E-state index in [-0.39, 0.29) is 11.9 Å². The van der Waals surface area contributed by atoms with Gasteiger partial charge in [-0.25, -0.2) is 0 Å². The number of esters is 1. The number of ether oxygens (including phenoxy) is 1. The molecular formula is C15H24O3Si. The predicted molar refractivity (Wildman–Crippen MR) is 75.5 cm³/mol. The third-order valence-corrected chi connectivity index (χ3v) is 7.11. The summed E-state index contributed by atoms with van der Waals surface area (Å²) >= 11 is 0. The van der Waals surface area contributed by atoms with Gasteiger partial charge in [0.15, 0.2) is 0 Å². The molecule has 4 heteroatoms.